The van der Waals surface area contributed by atoms with Gasteiger partial charge in [-0.05, 0) is 22.0 Å². The van der Waals surface area contributed by atoms with Gasteiger partial charge in [0.25, 0.3) is 0 Å². The Balaban J connectivity index is 2.93. The highest BCUT2D eigenvalue weighted by Gasteiger charge is 2.07. The summed E-state index contributed by atoms with van der Waals surface area (Å²) >= 11 is 15.0. The maximum atomic E-state index is 5.93. The molecule has 0 saturated heterocycles. The molecular formula is C7H3BrCl2N2. The Morgan fingerprint density at radius 1 is 1.42 bits per heavy atom. The number of H-pyrrole nitrogens is 1. The third kappa shape index (κ3) is 1.22. The predicted molar refractivity (Wildman–Crippen MR) is 53.8 cm³/mol. The largest absolute Gasteiger partial charge is 0.345 e. The molecule has 5 heteroatoms. The van der Waals surface area contributed by atoms with Gasteiger partial charge in [0.05, 0.1) is 10.4 Å². The molecule has 0 unspecified atom stereocenters. The zero-order chi connectivity index (χ0) is 8.72. The first-order valence-electron chi connectivity index (χ1n) is 3.17. The van der Waals surface area contributed by atoms with Crippen LogP contribution >= 0.6 is 39.1 Å². The summed E-state index contributed by atoms with van der Waals surface area (Å²) in [5, 5.41) is 1.85. The van der Waals surface area contributed by atoms with Gasteiger partial charge in [0.2, 0.25) is 0 Å². The number of nitrogens with zero attached hydrogens (tertiary/aromatic N) is 1. The summed E-state index contributed by atoms with van der Waals surface area (Å²) in [4.78, 5) is 7.00. The van der Waals surface area contributed by atoms with Gasteiger partial charge in [-0.2, -0.15) is 0 Å². The molecule has 0 aliphatic carbocycles. The lowest BCUT2D eigenvalue weighted by molar-refractivity contribution is 1.32. The molecule has 0 atom stereocenters. The van der Waals surface area contributed by atoms with Crippen LogP contribution in [0.3, 0.4) is 0 Å². The second-order valence-corrected chi connectivity index (χ2v) is 3.94. The van der Waals surface area contributed by atoms with E-state index in [0.717, 1.165) is 9.86 Å². The molecule has 0 amide bonds. The number of hydrogen-bond donors (Lipinski definition) is 1. The Bertz CT molecular complexity index is 438. The minimum Gasteiger partial charge on any atom is -0.345 e. The summed E-state index contributed by atoms with van der Waals surface area (Å²) in [6, 6.07) is 1.62. The van der Waals surface area contributed by atoms with Crippen molar-refractivity contribution in [2.45, 2.75) is 0 Å². The second kappa shape index (κ2) is 2.91. The van der Waals surface area contributed by atoms with E-state index in [4.69, 9.17) is 23.2 Å². The highest BCUT2D eigenvalue weighted by molar-refractivity contribution is 9.10. The van der Waals surface area contributed by atoms with E-state index in [-0.39, 0.29) is 0 Å². The number of nitrogens with one attached hydrogen (secondary N) is 1. The fraction of sp³-hybridized carbons (Fsp3) is 0. The van der Waals surface area contributed by atoms with Crippen molar-refractivity contribution < 1.29 is 0 Å². The molecule has 0 radical (unpaired) electrons. The summed E-state index contributed by atoms with van der Waals surface area (Å²) in [6.45, 7) is 0. The lowest BCUT2D eigenvalue weighted by Crippen LogP contribution is -1.78. The van der Waals surface area contributed by atoms with Gasteiger partial charge < -0.3 is 4.98 Å². The van der Waals surface area contributed by atoms with Crippen molar-refractivity contribution >= 4 is 50.2 Å². The number of rotatable bonds is 0. The first-order chi connectivity index (χ1) is 5.68. The molecule has 0 aliphatic heterocycles. The van der Waals surface area contributed by atoms with Gasteiger partial charge in [-0.15, -0.1) is 0 Å². The highest BCUT2D eigenvalue weighted by Crippen LogP contribution is 2.30. The maximum Gasteiger partial charge on any atom is 0.141 e. The van der Waals surface area contributed by atoms with Crippen LogP contribution in [0.25, 0.3) is 11.0 Å². The summed E-state index contributed by atoms with van der Waals surface area (Å²) in [7, 11) is 0. The van der Waals surface area contributed by atoms with Crippen molar-refractivity contribution in [3.63, 3.8) is 0 Å². The van der Waals surface area contributed by atoms with Crippen LogP contribution in [-0.4, -0.2) is 9.97 Å². The molecule has 2 nitrogen and oxygen atoms in total. The highest BCUT2D eigenvalue weighted by atomic mass is 79.9. The van der Waals surface area contributed by atoms with E-state index in [1.807, 2.05) is 0 Å². The van der Waals surface area contributed by atoms with Crippen molar-refractivity contribution in [1.82, 2.24) is 9.97 Å². The van der Waals surface area contributed by atoms with Crippen molar-refractivity contribution in [3.8, 4) is 0 Å². The molecule has 2 rings (SSSR count). The zero-order valence-electron chi connectivity index (χ0n) is 5.74. The van der Waals surface area contributed by atoms with Crippen LogP contribution in [0.2, 0.25) is 10.2 Å². The van der Waals surface area contributed by atoms with Gasteiger partial charge in [-0.1, -0.05) is 23.2 Å². The monoisotopic (exact) mass is 264 g/mol. The molecule has 0 saturated carbocycles. The topological polar surface area (TPSA) is 28.7 Å². The normalized spacial score (nSPS) is 10.9. The third-order valence-electron chi connectivity index (χ3n) is 1.51. The Morgan fingerprint density at radius 2 is 2.17 bits per heavy atom. The van der Waals surface area contributed by atoms with E-state index in [2.05, 4.69) is 25.9 Å². The smallest absolute Gasteiger partial charge is 0.141 e. The average molecular weight is 266 g/mol. The fourth-order valence-corrected chi connectivity index (χ4v) is 2.19. The van der Waals surface area contributed by atoms with Crippen LogP contribution in [0.15, 0.2) is 16.7 Å². The number of aromatic nitrogens is 2. The fourth-order valence-electron chi connectivity index (χ4n) is 1.02. The molecule has 12 heavy (non-hydrogen) atoms. The number of fused-ring (bicyclic) bond motifs is 1. The minimum absolute atomic E-state index is 0.391. The Hall–Kier alpha value is -0.250. The first kappa shape index (κ1) is 8.35. The standard InChI is InChI=1S/C7H3BrCl2N2/c8-3-2-11-7-6(3)4(9)1-5(10)12-7/h1-2H,(H,11,12). The summed E-state index contributed by atoms with van der Waals surface area (Å²) in [5.41, 5.74) is 0.694. The molecular weight excluding hydrogens is 263 g/mol. The molecule has 2 aromatic rings. The Kier molecular flexibility index (Phi) is 2.02. The molecule has 2 heterocycles. The number of aromatic amines is 1. The van der Waals surface area contributed by atoms with E-state index in [1.54, 1.807) is 12.3 Å². The van der Waals surface area contributed by atoms with Crippen LogP contribution in [0.5, 0.6) is 0 Å². The molecule has 0 bridgehead atoms. The van der Waals surface area contributed by atoms with Crippen LogP contribution in [0.4, 0.5) is 0 Å². The zero-order valence-corrected chi connectivity index (χ0v) is 8.83. The molecule has 62 valence electrons. The summed E-state index contributed by atoms with van der Waals surface area (Å²) in [6.07, 6.45) is 1.78. The number of hydrogen-bond acceptors (Lipinski definition) is 1. The van der Waals surface area contributed by atoms with Gasteiger partial charge in [0.1, 0.15) is 10.8 Å². The average Bonchev–Trinajstić information content (AvgIpc) is 2.31. The lowest BCUT2D eigenvalue weighted by atomic mass is 10.3. The third-order valence-corrected chi connectivity index (χ3v) is 2.63. The maximum absolute atomic E-state index is 5.93. The molecule has 0 aliphatic rings. The van der Waals surface area contributed by atoms with Crippen molar-refractivity contribution in [2.75, 3.05) is 0 Å². The van der Waals surface area contributed by atoms with Gasteiger partial charge in [0.15, 0.2) is 0 Å². The molecule has 0 spiro atoms. The summed E-state index contributed by atoms with van der Waals surface area (Å²) in [5.74, 6) is 0. The van der Waals surface area contributed by atoms with Crippen LogP contribution in [-0.2, 0) is 0 Å². The van der Waals surface area contributed by atoms with Crippen molar-refractivity contribution in [3.05, 3.63) is 26.9 Å². The van der Waals surface area contributed by atoms with Crippen LogP contribution in [0, 0.1) is 0 Å². The molecule has 1 N–H and O–H groups in total. The van der Waals surface area contributed by atoms with Gasteiger partial charge in [0, 0.05) is 10.7 Å². The number of pyridine rings is 1. The van der Waals surface area contributed by atoms with E-state index in [0.29, 0.717) is 15.8 Å². The van der Waals surface area contributed by atoms with E-state index in [9.17, 15) is 0 Å². The van der Waals surface area contributed by atoms with Gasteiger partial charge in [-0.3, -0.25) is 0 Å². The van der Waals surface area contributed by atoms with Crippen molar-refractivity contribution in [1.29, 1.82) is 0 Å². The van der Waals surface area contributed by atoms with E-state index < -0.39 is 0 Å². The summed E-state index contributed by atoms with van der Waals surface area (Å²) < 4.78 is 0.895. The molecule has 2 aromatic heterocycles. The van der Waals surface area contributed by atoms with Crippen LogP contribution in [0.1, 0.15) is 0 Å². The Morgan fingerprint density at radius 3 is 2.92 bits per heavy atom. The van der Waals surface area contributed by atoms with Crippen molar-refractivity contribution in [2.24, 2.45) is 0 Å². The second-order valence-electron chi connectivity index (χ2n) is 2.29. The lowest BCUT2D eigenvalue weighted by Gasteiger charge is -1.94. The van der Waals surface area contributed by atoms with Gasteiger partial charge >= 0.3 is 0 Å². The predicted octanol–water partition coefficient (Wildman–Crippen LogP) is 3.63. The van der Waals surface area contributed by atoms with E-state index in [1.165, 1.54) is 0 Å². The SMILES string of the molecule is Clc1cc(Cl)c2c(Br)c[nH]c2n1. The minimum atomic E-state index is 0.391. The quantitative estimate of drug-likeness (QED) is 0.724. The Labute approximate surface area is 87.0 Å². The van der Waals surface area contributed by atoms with Crippen LogP contribution < -0.4 is 0 Å². The first-order valence-corrected chi connectivity index (χ1v) is 4.72. The van der Waals surface area contributed by atoms with E-state index >= 15 is 0 Å². The number of halogens is 3. The molecule has 0 fully saturated rings. The van der Waals surface area contributed by atoms with Gasteiger partial charge in [-0.25, -0.2) is 4.98 Å². The molecule has 0 aromatic carbocycles.